The van der Waals surface area contributed by atoms with Crippen LogP contribution in [0.4, 0.5) is 0 Å². The third kappa shape index (κ3) is 9.84. The fraction of sp³-hybridized carbons (Fsp3) is 0.333. The smallest absolute Gasteiger partial charge is 0.338 e. The van der Waals surface area contributed by atoms with Crippen LogP contribution in [0.3, 0.4) is 0 Å². The largest absolute Gasteiger partial charge is 0.452 e. The molecule has 5 aromatic rings. The molecule has 0 radical (unpaired) electrons. The molecule has 0 bridgehead atoms. The number of benzene rings is 5. The lowest BCUT2D eigenvalue weighted by atomic mass is 9.95. The molecular weight excluding hydrogens is 769 g/mol. The van der Waals surface area contributed by atoms with Crippen LogP contribution >= 0.6 is 0 Å². The maximum atomic E-state index is 13.9. The van der Waals surface area contributed by atoms with Gasteiger partial charge in [-0.3, -0.25) is 0 Å². The number of rotatable bonds is 14. The van der Waals surface area contributed by atoms with E-state index in [1.807, 2.05) is 91.0 Å². The summed E-state index contributed by atoms with van der Waals surface area (Å²) in [6.07, 6.45) is -10.3. The van der Waals surface area contributed by atoms with Crippen LogP contribution in [0.1, 0.15) is 50.6 Å². The fourth-order valence-corrected chi connectivity index (χ4v) is 7.63. The van der Waals surface area contributed by atoms with Crippen LogP contribution < -0.4 is 0 Å². The number of carbonyl (C=O) groups excluding carboxylic acids is 2. The Kier molecular flexibility index (Phi) is 13.7. The number of hydrogen-bond donors (Lipinski definition) is 0. The number of hydrogen-bond acceptors (Lipinski definition) is 12. The van der Waals surface area contributed by atoms with Crippen LogP contribution in [0.5, 0.6) is 0 Å². The summed E-state index contributed by atoms with van der Waals surface area (Å²) in [5, 5.41) is 0. The van der Waals surface area contributed by atoms with Crippen LogP contribution in [0, 0.1) is 0 Å². The van der Waals surface area contributed by atoms with Gasteiger partial charge < -0.3 is 47.4 Å². The van der Waals surface area contributed by atoms with Crippen molar-refractivity contribution < 1.29 is 57.0 Å². The topological polar surface area (TPSA) is 126 Å². The number of methoxy groups -OCH3 is 1. The number of ether oxygens (including phenoxy) is 10. The van der Waals surface area contributed by atoms with E-state index in [0.29, 0.717) is 11.1 Å². The van der Waals surface area contributed by atoms with Gasteiger partial charge in [-0.25, -0.2) is 9.59 Å². The van der Waals surface area contributed by atoms with Crippen molar-refractivity contribution in [2.24, 2.45) is 0 Å². The van der Waals surface area contributed by atoms with Crippen molar-refractivity contribution in [2.45, 2.75) is 87.8 Å². The summed E-state index contributed by atoms with van der Waals surface area (Å²) in [6.45, 7) is 2.23. The first-order chi connectivity index (χ1) is 29.4. The molecule has 0 aliphatic carbocycles. The molecule has 3 fully saturated rings. The van der Waals surface area contributed by atoms with Gasteiger partial charge in [0.2, 0.25) is 0 Å². The number of fused-ring (bicyclic) bond motifs is 1. The molecule has 0 saturated carbocycles. The molecule has 12 nitrogen and oxygen atoms in total. The molecule has 0 aromatic heterocycles. The Labute approximate surface area is 349 Å². The standard InChI is InChI=1S/C48H48O12/c1-31-38(57-44(49)34-22-12-5-13-23-34)41(58-45(50)35-24-14-6-15-25-35)42(53-29-33-20-10-4-11-21-33)48(55-31)60-43-40(52-28-32-18-8-3-9-19-32)39-37(56-47(43)51-2)30-54-46(59-39)36-26-16-7-17-27-36/h3-27,31,37-43,46-48H,28-30H2,1-2H3/t31-,37+,38+,39-,40-,41+,42-,43+,46?,47-,48-/m0/s1. The second-order valence-electron chi connectivity index (χ2n) is 14.8. The molecule has 312 valence electrons. The summed E-state index contributed by atoms with van der Waals surface area (Å²) in [5.74, 6) is -1.27. The Bertz CT molecular complexity index is 2090. The van der Waals surface area contributed by atoms with Crippen molar-refractivity contribution in [1.82, 2.24) is 0 Å². The highest BCUT2D eigenvalue weighted by Crippen LogP contribution is 2.39. The van der Waals surface area contributed by atoms with Crippen molar-refractivity contribution in [1.29, 1.82) is 0 Å². The van der Waals surface area contributed by atoms with E-state index in [0.717, 1.165) is 16.7 Å². The molecule has 1 unspecified atom stereocenters. The summed E-state index contributed by atoms with van der Waals surface area (Å²) in [5.41, 5.74) is 3.23. The summed E-state index contributed by atoms with van der Waals surface area (Å²) in [7, 11) is 1.52. The molecule has 0 spiro atoms. The Hall–Kier alpha value is -5.28. The van der Waals surface area contributed by atoms with E-state index in [-0.39, 0.29) is 19.8 Å². The van der Waals surface area contributed by atoms with E-state index in [1.165, 1.54) is 7.11 Å². The zero-order valence-electron chi connectivity index (χ0n) is 33.3. The average molecular weight is 817 g/mol. The van der Waals surface area contributed by atoms with Crippen molar-refractivity contribution in [3.63, 3.8) is 0 Å². The monoisotopic (exact) mass is 816 g/mol. The molecule has 3 aliphatic heterocycles. The van der Waals surface area contributed by atoms with Gasteiger partial charge in [-0.05, 0) is 42.3 Å². The molecule has 11 atom stereocenters. The van der Waals surface area contributed by atoms with Crippen LogP contribution in [-0.4, -0.2) is 87.1 Å². The van der Waals surface area contributed by atoms with Crippen molar-refractivity contribution in [2.75, 3.05) is 13.7 Å². The summed E-state index contributed by atoms with van der Waals surface area (Å²) < 4.78 is 64.8. The molecule has 60 heavy (non-hydrogen) atoms. The van der Waals surface area contributed by atoms with E-state index in [2.05, 4.69) is 0 Å². The summed E-state index contributed by atoms with van der Waals surface area (Å²) in [4.78, 5) is 27.6. The van der Waals surface area contributed by atoms with Gasteiger partial charge in [0.25, 0.3) is 0 Å². The molecule has 3 aliphatic rings. The molecular formula is C48H48O12. The predicted molar refractivity (Wildman–Crippen MR) is 216 cm³/mol. The van der Waals surface area contributed by atoms with Gasteiger partial charge in [-0.2, -0.15) is 0 Å². The van der Waals surface area contributed by atoms with E-state index in [9.17, 15) is 9.59 Å². The minimum atomic E-state index is -1.24. The maximum Gasteiger partial charge on any atom is 0.338 e. The summed E-state index contributed by atoms with van der Waals surface area (Å²) in [6, 6.07) is 46.1. The molecule has 0 N–H and O–H groups in total. The second kappa shape index (κ2) is 19.9. The van der Waals surface area contributed by atoms with Crippen molar-refractivity contribution in [3.05, 3.63) is 179 Å². The molecule has 0 amide bonds. The van der Waals surface area contributed by atoms with Gasteiger partial charge in [0.15, 0.2) is 31.1 Å². The Morgan fingerprint density at radius 3 is 1.60 bits per heavy atom. The first kappa shape index (κ1) is 41.5. The lowest BCUT2D eigenvalue weighted by Gasteiger charge is -2.51. The molecule has 5 aromatic carbocycles. The molecule has 8 rings (SSSR count). The minimum absolute atomic E-state index is 0.0779. The molecule has 12 heteroatoms. The zero-order chi connectivity index (χ0) is 41.3. The highest BCUT2D eigenvalue weighted by atomic mass is 16.8. The number of esters is 2. The summed E-state index contributed by atoms with van der Waals surface area (Å²) >= 11 is 0. The minimum Gasteiger partial charge on any atom is -0.452 e. The molecule has 3 saturated heterocycles. The molecule has 3 heterocycles. The lowest BCUT2D eigenvalue weighted by molar-refractivity contribution is -0.395. The van der Waals surface area contributed by atoms with Gasteiger partial charge in [-0.1, -0.05) is 127 Å². The third-order valence-corrected chi connectivity index (χ3v) is 10.7. The van der Waals surface area contributed by atoms with Gasteiger partial charge in [-0.15, -0.1) is 0 Å². The van der Waals surface area contributed by atoms with Crippen LogP contribution in [-0.2, 0) is 60.6 Å². The normalized spacial score (nSPS) is 28.9. The Morgan fingerprint density at radius 1 is 0.550 bits per heavy atom. The quantitative estimate of drug-likeness (QED) is 0.105. The lowest BCUT2D eigenvalue weighted by Crippen LogP contribution is -2.66. The van der Waals surface area contributed by atoms with Gasteiger partial charge >= 0.3 is 11.9 Å². The van der Waals surface area contributed by atoms with Crippen molar-refractivity contribution >= 4 is 11.9 Å². The zero-order valence-corrected chi connectivity index (χ0v) is 33.3. The highest BCUT2D eigenvalue weighted by molar-refractivity contribution is 5.90. The van der Waals surface area contributed by atoms with Gasteiger partial charge in [0, 0.05) is 12.7 Å². The maximum absolute atomic E-state index is 13.9. The first-order valence-electron chi connectivity index (χ1n) is 20.1. The Balaban J connectivity index is 1.15. The fourth-order valence-electron chi connectivity index (χ4n) is 7.63. The van der Waals surface area contributed by atoms with E-state index in [1.54, 1.807) is 67.6 Å². The van der Waals surface area contributed by atoms with Crippen LogP contribution in [0.2, 0.25) is 0 Å². The van der Waals surface area contributed by atoms with Gasteiger partial charge in [0.05, 0.1) is 37.1 Å². The predicted octanol–water partition coefficient (Wildman–Crippen LogP) is 7.22. The average Bonchev–Trinajstić information content (AvgIpc) is 3.30. The highest BCUT2D eigenvalue weighted by Gasteiger charge is 2.56. The van der Waals surface area contributed by atoms with E-state index in [4.69, 9.17) is 47.4 Å². The van der Waals surface area contributed by atoms with Crippen LogP contribution in [0.15, 0.2) is 152 Å². The van der Waals surface area contributed by atoms with E-state index >= 15 is 0 Å². The SMILES string of the molecule is CO[C@H]1O[C@@H]2COC(c3ccccc3)O[C@@H]2[C@H](OCc2ccccc2)[C@H]1O[C@@H]1O[C@@H](C)[C@@H](OC(=O)c2ccccc2)[C@@H](OC(=O)c2ccccc2)[C@@H]1OCc1ccccc1. The second-order valence-corrected chi connectivity index (χ2v) is 14.8. The third-order valence-electron chi connectivity index (χ3n) is 10.7. The Morgan fingerprint density at radius 2 is 1.05 bits per heavy atom. The first-order valence-corrected chi connectivity index (χ1v) is 20.1. The van der Waals surface area contributed by atoms with Crippen LogP contribution in [0.25, 0.3) is 0 Å². The van der Waals surface area contributed by atoms with E-state index < -0.39 is 79.6 Å². The number of carbonyl (C=O) groups is 2. The van der Waals surface area contributed by atoms with Gasteiger partial charge in [0.1, 0.15) is 30.5 Å². The van der Waals surface area contributed by atoms with Crippen molar-refractivity contribution in [3.8, 4) is 0 Å².